The van der Waals surface area contributed by atoms with E-state index in [-0.39, 0.29) is 12.5 Å². The Hall–Kier alpha value is -2.82. The van der Waals surface area contributed by atoms with Crippen molar-refractivity contribution < 1.29 is 13.9 Å². The molecule has 0 bridgehead atoms. The van der Waals surface area contributed by atoms with Gasteiger partial charge in [-0.05, 0) is 36.4 Å². The maximum absolute atomic E-state index is 11.7. The molecule has 5 heteroatoms. The van der Waals surface area contributed by atoms with Crippen LogP contribution in [0.25, 0.3) is 10.9 Å². The Labute approximate surface area is 121 Å². The van der Waals surface area contributed by atoms with Gasteiger partial charge in [0.1, 0.15) is 11.5 Å². The number of benzene rings is 1. The second kappa shape index (κ2) is 6.09. The highest BCUT2D eigenvalue weighted by molar-refractivity contribution is 5.80. The third-order valence-corrected chi connectivity index (χ3v) is 2.98. The molecule has 106 valence electrons. The summed E-state index contributed by atoms with van der Waals surface area (Å²) in [6.45, 7) is 0.323. The minimum Gasteiger partial charge on any atom is -0.484 e. The molecular formula is C16H14N2O3. The van der Waals surface area contributed by atoms with Gasteiger partial charge in [-0.15, -0.1) is 0 Å². The maximum Gasteiger partial charge on any atom is 0.258 e. The quantitative estimate of drug-likeness (QED) is 0.781. The lowest BCUT2D eigenvalue weighted by Gasteiger charge is -2.07. The molecule has 0 saturated carbocycles. The fraction of sp³-hybridized carbons (Fsp3) is 0.125. The summed E-state index contributed by atoms with van der Waals surface area (Å²) in [5, 5.41) is 3.70. The molecule has 1 aromatic carbocycles. The Morgan fingerprint density at radius 1 is 1.24 bits per heavy atom. The molecule has 2 heterocycles. The number of rotatable bonds is 5. The van der Waals surface area contributed by atoms with Crippen molar-refractivity contribution in [2.45, 2.75) is 6.54 Å². The van der Waals surface area contributed by atoms with E-state index in [0.717, 1.165) is 10.9 Å². The van der Waals surface area contributed by atoms with E-state index in [0.29, 0.717) is 18.1 Å². The van der Waals surface area contributed by atoms with Gasteiger partial charge in [0.25, 0.3) is 5.91 Å². The molecule has 3 aromatic rings. The predicted molar refractivity (Wildman–Crippen MR) is 77.8 cm³/mol. The van der Waals surface area contributed by atoms with E-state index < -0.39 is 0 Å². The Morgan fingerprint density at radius 3 is 3.05 bits per heavy atom. The van der Waals surface area contributed by atoms with E-state index in [1.54, 1.807) is 30.7 Å². The molecule has 21 heavy (non-hydrogen) atoms. The molecule has 0 aliphatic heterocycles. The van der Waals surface area contributed by atoms with E-state index in [2.05, 4.69) is 10.3 Å². The Morgan fingerprint density at radius 2 is 2.19 bits per heavy atom. The monoisotopic (exact) mass is 282 g/mol. The topological polar surface area (TPSA) is 64.4 Å². The van der Waals surface area contributed by atoms with E-state index in [9.17, 15) is 4.79 Å². The molecule has 0 radical (unpaired) electrons. The minimum atomic E-state index is -0.197. The minimum absolute atomic E-state index is 0.0352. The van der Waals surface area contributed by atoms with Gasteiger partial charge in [0.2, 0.25) is 0 Å². The van der Waals surface area contributed by atoms with E-state index in [4.69, 9.17) is 9.15 Å². The van der Waals surface area contributed by atoms with E-state index in [1.807, 2.05) is 24.3 Å². The van der Waals surface area contributed by atoms with Crippen LogP contribution in [-0.2, 0) is 11.3 Å². The summed E-state index contributed by atoms with van der Waals surface area (Å²) in [7, 11) is 0. The molecule has 2 aromatic heterocycles. The van der Waals surface area contributed by atoms with Crippen LogP contribution in [0.4, 0.5) is 0 Å². The zero-order chi connectivity index (χ0) is 14.5. The molecule has 5 nitrogen and oxygen atoms in total. The molecule has 0 aliphatic rings. The number of hydrogen-bond donors (Lipinski definition) is 1. The van der Waals surface area contributed by atoms with E-state index >= 15 is 0 Å². The van der Waals surface area contributed by atoms with Gasteiger partial charge in [0, 0.05) is 11.6 Å². The molecule has 3 rings (SSSR count). The Bertz CT molecular complexity index is 738. The summed E-state index contributed by atoms with van der Waals surface area (Å²) in [6.07, 6.45) is 3.31. The first-order chi connectivity index (χ1) is 10.3. The van der Waals surface area contributed by atoms with Crippen LogP contribution in [0.2, 0.25) is 0 Å². The summed E-state index contributed by atoms with van der Waals surface area (Å²) >= 11 is 0. The van der Waals surface area contributed by atoms with Crippen LogP contribution >= 0.6 is 0 Å². The lowest BCUT2D eigenvalue weighted by molar-refractivity contribution is -0.123. The van der Waals surface area contributed by atoms with Crippen LogP contribution in [0.3, 0.4) is 0 Å². The molecule has 0 atom stereocenters. The molecule has 0 spiro atoms. The predicted octanol–water partition coefficient (Wildman–Crippen LogP) is 2.52. The summed E-state index contributed by atoms with van der Waals surface area (Å²) in [4.78, 5) is 15.9. The smallest absolute Gasteiger partial charge is 0.258 e. The summed E-state index contributed by atoms with van der Waals surface area (Å²) in [6, 6.07) is 12.9. The van der Waals surface area contributed by atoms with Crippen molar-refractivity contribution in [2.75, 3.05) is 6.61 Å². The number of hydrogen-bond acceptors (Lipinski definition) is 4. The largest absolute Gasteiger partial charge is 0.484 e. The first-order valence-corrected chi connectivity index (χ1v) is 6.58. The Balaban J connectivity index is 1.54. The highest BCUT2D eigenvalue weighted by atomic mass is 16.5. The van der Waals surface area contributed by atoms with Crippen molar-refractivity contribution in [3.05, 3.63) is 60.7 Å². The Kier molecular flexibility index (Phi) is 3.82. The summed E-state index contributed by atoms with van der Waals surface area (Å²) < 4.78 is 10.6. The molecule has 1 amide bonds. The van der Waals surface area contributed by atoms with Gasteiger partial charge in [-0.1, -0.05) is 6.07 Å². The van der Waals surface area contributed by atoms with Crippen molar-refractivity contribution in [3.8, 4) is 5.75 Å². The van der Waals surface area contributed by atoms with Gasteiger partial charge >= 0.3 is 0 Å². The number of fused-ring (bicyclic) bond motifs is 1. The third-order valence-electron chi connectivity index (χ3n) is 2.98. The van der Waals surface area contributed by atoms with Crippen molar-refractivity contribution in [1.82, 2.24) is 10.3 Å². The maximum atomic E-state index is 11.7. The zero-order valence-corrected chi connectivity index (χ0v) is 11.3. The molecular weight excluding hydrogens is 268 g/mol. The fourth-order valence-corrected chi connectivity index (χ4v) is 1.94. The lowest BCUT2D eigenvalue weighted by Crippen LogP contribution is -2.28. The van der Waals surface area contributed by atoms with Crippen LogP contribution in [0.5, 0.6) is 5.75 Å². The van der Waals surface area contributed by atoms with E-state index in [1.165, 1.54) is 0 Å². The van der Waals surface area contributed by atoms with Crippen LogP contribution < -0.4 is 10.1 Å². The number of carbonyl (C=O) groups is 1. The zero-order valence-electron chi connectivity index (χ0n) is 11.3. The van der Waals surface area contributed by atoms with Gasteiger partial charge in [-0.3, -0.25) is 9.78 Å². The average molecular weight is 282 g/mol. The number of amides is 1. The number of nitrogens with zero attached hydrogens (tertiary/aromatic N) is 1. The second-order valence-electron chi connectivity index (χ2n) is 4.50. The van der Waals surface area contributed by atoms with Crippen molar-refractivity contribution >= 4 is 16.8 Å². The standard InChI is InChI=1S/C16H14N2O3/c19-16(18-10-14-4-2-8-20-14)11-21-13-5-6-15-12(9-13)3-1-7-17-15/h1-9H,10-11H2,(H,18,19). The normalized spacial score (nSPS) is 10.5. The first-order valence-electron chi connectivity index (χ1n) is 6.58. The van der Waals surface area contributed by atoms with Crippen molar-refractivity contribution in [1.29, 1.82) is 0 Å². The number of nitrogens with one attached hydrogen (secondary N) is 1. The van der Waals surface area contributed by atoms with Crippen molar-refractivity contribution in [3.63, 3.8) is 0 Å². The number of ether oxygens (including phenoxy) is 1. The molecule has 0 unspecified atom stereocenters. The van der Waals surface area contributed by atoms with Crippen LogP contribution in [-0.4, -0.2) is 17.5 Å². The summed E-state index contributed by atoms with van der Waals surface area (Å²) in [5.74, 6) is 1.15. The second-order valence-corrected chi connectivity index (χ2v) is 4.50. The van der Waals surface area contributed by atoms with Gasteiger partial charge < -0.3 is 14.5 Å². The van der Waals surface area contributed by atoms with Crippen LogP contribution in [0, 0.1) is 0 Å². The molecule has 1 N–H and O–H groups in total. The van der Waals surface area contributed by atoms with Crippen LogP contribution in [0.1, 0.15) is 5.76 Å². The highest BCUT2D eigenvalue weighted by Gasteiger charge is 2.04. The average Bonchev–Trinajstić information content (AvgIpc) is 3.04. The SMILES string of the molecule is O=C(COc1ccc2ncccc2c1)NCc1ccco1. The van der Waals surface area contributed by atoms with Gasteiger partial charge in [-0.2, -0.15) is 0 Å². The number of furan rings is 1. The molecule has 0 saturated heterocycles. The fourth-order valence-electron chi connectivity index (χ4n) is 1.94. The van der Waals surface area contributed by atoms with Gasteiger partial charge in [0.15, 0.2) is 6.61 Å². The highest BCUT2D eigenvalue weighted by Crippen LogP contribution is 2.18. The lowest BCUT2D eigenvalue weighted by atomic mass is 10.2. The number of pyridine rings is 1. The summed E-state index contributed by atoms with van der Waals surface area (Å²) in [5.41, 5.74) is 0.895. The molecule has 0 aliphatic carbocycles. The number of carbonyl (C=O) groups excluding carboxylic acids is 1. The van der Waals surface area contributed by atoms with Crippen LogP contribution in [0.15, 0.2) is 59.3 Å². The number of aromatic nitrogens is 1. The van der Waals surface area contributed by atoms with Gasteiger partial charge in [0.05, 0.1) is 18.3 Å². The third kappa shape index (κ3) is 3.39. The van der Waals surface area contributed by atoms with Crippen molar-refractivity contribution in [2.24, 2.45) is 0 Å². The first kappa shape index (κ1) is 13.2. The molecule has 0 fully saturated rings. The van der Waals surface area contributed by atoms with Gasteiger partial charge in [-0.25, -0.2) is 0 Å².